The third-order valence-corrected chi connectivity index (χ3v) is 3.75. The van der Waals surface area contributed by atoms with Gasteiger partial charge in [0.05, 0.1) is 6.61 Å². The quantitative estimate of drug-likeness (QED) is 0.618. The van der Waals surface area contributed by atoms with Crippen molar-refractivity contribution in [3.63, 3.8) is 0 Å². The zero-order chi connectivity index (χ0) is 18.1. The Labute approximate surface area is 148 Å². The zero-order valence-electron chi connectivity index (χ0n) is 14.6. The van der Waals surface area contributed by atoms with Crippen molar-refractivity contribution in [3.05, 3.63) is 83.6 Å². The highest BCUT2D eigenvalue weighted by atomic mass is 16.5. The Morgan fingerprint density at radius 2 is 1.52 bits per heavy atom. The van der Waals surface area contributed by atoms with Crippen LogP contribution in [0, 0.1) is 0 Å². The Hall–Kier alpha value is -2.88. The maximum atomic E-state index is 12.4. The molecule has 25 heavy (non-hydrogen) atoms. The van der Waals surface area contributed by atoms with Crippen LogP contribution >= 0.6 is 0 Å². The van der Waals surface area contributed by atoms with E-state index in [1.807, 2.05) is 60.7 Å². The molecule has 1 amide bonds. The molecule has 0 aliphatic rings. The summed E-state index contributed by atoms with van der Waals surface area (Å²) in [4.78, 5) is 23.9. The zero-order valence-corrected chi connectivity index (χ0v) is 14.6. The standard InChI is InChI=1S/C21H23NO3/c1-3-25-21(24)14-16(2)22-20(23)15-19(17-10-6-4-7-11-17)18-12-8-5-9-13-18/h4-14,19H,3,15H2,1-2H3,(H,22,23). The summed E-state index contributed by atoms with van der Waals surface area (Å²) in [7, 11) is 0. The van der Waals surface area contributed by atoms with Crippen molar-refractivity contribution in [1.29, 1.82) is 0 Å². The number of amides is 1. The molecule has 0 aliphatic heterocycles. The lowest BCUT2D eigenvalue weighted by Gasteiger charge is -2.18. The van der Waals surface area contributed by atoms with Gasteiger partial charge in [0.1, 0.15) is 0 Å². The lowest BCUT2D eigenvalue weighted by atomic mass is 9.88. The lowest BCUT2D eigenvalue weighted by molar-refractivity contribution is -0.137. The molecule has 0 unspecified atom stereocenters. The highest BCUT2D eigenvalue weighted by Crippen LogP contribution is 2.27. The number of nitrogens with one attached hydrogen (secondary N) is 1. The average molecular weight is 337 g/mol. The van der Waals surface area contributed by atoms with E-state index in [4.69, 9.17) is 4.74 Å². The minimum atomic E-state index is -0.456. The summed E-state index contributed by atoms with van der Waals surface area (Å²) in [6.45, 7) is 3.72. The van der Waals surface area contributed by atoms with Crippen LogP contribution in [0.3, 0.4) is 0 Å². The number of carbonyl (C=O) groups is 2. The van der Waals surface area contributed by atoms with Gasteiger partial charge in [-0.1, -0.05) is 60.7 Å². The molecule has 1 N–H and O–H groups in total. The van der Waals surface area contributed by atoms with Gasteiger partial charge in [0.2, 0.25) is 5.91 Å². The Kier molecular flexibility index (Phi) is 6.96. The molecular weight excluding hydrogens is 314 g/mol. The van der Waals surface area contributed by atoms with Gasteiger partial charge in [-0.3, -0.25) is 4.79 Å². The smallest absolute Gasteiger partial charge is 0.332 e. The molecule has 0 aliphatic carbocycles. The molecule has 2 aromatic rings. The molecule has 0 atom stereocenters. The Morgan fingerprint density at radius 1 is 1.00 bits per heavy atom. The predicted molar refractivity (Wildman–Crippen MR) is 97.9 cm³/mol. The number of rotatable bonds is 7. The highest BCUT2D eigenvalue weighted by molar-refractivity contribution is 5.85. The van der Waals surface area contributed by atoms with Crippen LogP contribution in [0.4, 0.5) is 0 Å². The second-order valence-corrected chi connectivity index (χ2v) is 5.71. The van der Waals surface area contributed by atoms with Crippen molar-refractivity contribution >= 4 is 11.9 Å². The summed E-state index contributed by atoms with van der Waals surface area (Å²) in [5.74, 6) is -0.642. The van der Waals surface area contributed by atoms with E-state index in [-0.39, 0.29) is 11.8 Å². The first-order valence-electron chi connectivity index (χ1n) is 8.35. The molecule has 4 nitrogen and oxygen atoms in total. The van der Waals surface area contributed by atoms with Crippen LogP contribution in [0.5, 0.6) is 0 Å². The largest absolute Gasteiger partial charge is 0.463 e. The molecule has 2 aromatic carbocycles. The van der Waals surface area contributed by atoms with Gasteiger partial charge in [0.25, 0.3) is 0 Å². The molecule has 0 heterocycles. The van der Waals surface area contributed by atoms with Gasteiger partial charge in [0.15, 0.2) is 0 Å². The molecule has 130 valence electrons. The van der Waals surface area contributed by atoms with E-state index in [1.54, 1.807) is 13.8 Å². The number of carbonyl (C=O) groups excluding carboxylic acids is 2. The fourth-order valence-corrected chi connectivity index (χ4v) is 2.65. The van der Waals surface area contributed by atoms with E-state index >= 15 is 0 Å². The van der Waals surface area contributed by atoms with Crippen molar-refractivity contribution < 1.29 is 14.3 Å². The van der Waals surface area contributed by atoms with Crippen molar-refractivity contribution in [2.75, 3.05) is 6.61 Å². The van der Waals surface area contributed by atoms with E-state index in [0.29, 0.717) is 18.7 Å². The van der Waals surface area contributed by atoms with E-state index < -0.39 is 5.97 Å². The Morgan fingerprint density at radius 3 is 2.00 bits per heavy atom. The number of hydrogen-bond acceptors (Lipinski definition) is 3. The Balaban J connectivity index is 2.12. The first kappa shape index (κ1) is 18.5. The third kappa shape index (κ3) is 5.92. The predicted octanol–water partition coefficient (Wildman–Crippen LogP) is 3.79. The van der Waals surface area contributed by atoms with E-state index in [1.165, 1.54) is 6.08 Å². The molecule has 0 bridgehead atoms. The summed E-state index contributed by atoms with van der Waals surface area (Å²) < 4.78 is 4.85. The van der Waals surface area contributed by atoms with Gasteiger partial charge in [-0.2, -0.15) is 0 Å². The maximum absolute atomic E-state index is 12.4. The maximum Gasteiger partial charge on any atom is 0.332 e. The molecule has 0 spiro atoms. The van der Waals surface area contributed by atoms with Gasteiger partial charge < -0.3 is 10.1 Å². The second kappa shape index (κ2) is 9.42. The minimum absolute atomic E-state index is 0.0437. The van der Waals surface area contributed by atoms with Crippen molar-refractivity contribution in [2.45, 2.75) is 26.2 Å². The highest BCUT2D eigenvalue weighted by Gasteiger charge is 2.18. The number of esters is 1. The number of allylic oxidation sites excluding steroid dienone is 1. The van der Waals surface area contributed by atoms with Crippen LogP contribution < -0.4 is 5.32 Å². The van der Waals surface area contributed by atoms with Crippen LogP contribution in [0.2, 0.25) is 0 Å². The molecule has 4 heteroatoms. The molecular formula is C21H23NO3. The van der Waals surface area contributed by atoms with Crippen LogP contribution in [-0.2, 0) is 14.3 Å². The molecule has 2 rings (SSSR count). The van der Waals surface area contributed by atoms with Crippen molar-refractivity contribution in [3.8, 4) is 0 Å². The van der Waals surface area contributed by atoms with Crippen LogP contribution in [0.15, 0.2) is 72.4 Å². The number of hydrogen-bond donors (Lipinski definition) is 1. The van der Waals surface area contributed by atoms with E-state index in [2.05, 4.69) is 5.32 Å². The summed E-state index contributed by atoms with van der Waals surface area (Å²) >= 11 is 0. The summed E-state index contributed by atoms with van der Waals surface area (Å²) in [6.07, 6.45) is 1.59. The molecule has 0 radical (unpaired) electrons. The monoisotopic (exact) mass is 337 g/mol. The van der Waals surface area contributed by atoms with Crippen molar-refractivity contribution in [2.24, 2.45) is 0 Å². The third-order valence-electron chi connectivity index (χ3n) is 3.75. The molecule has 0 saturated carbocycles. The van der Waals surface area contributed by atoms with Gasteiger partial charge in [-0.15, -0.1) is 0 Å². The van der Waals surface area contributed by atoms with Crippen LogP contribution in [0.1, 0.15) is 37.3 Å². The first-order valence-corrected chi connectivity index (χ1v) is 8.35. The van der Waals surface area contributed by atoms with E-state index in [9.17, 15) is 9.59 Å². The van der Waals surface area contributed by atoms with Gasteiger partial charge in [0, 0.05) is 24.1 Å². The first-order chi connectivity index (χ1) is 12.1. The van der Waals surface area contributed by atoms with Gasteiger partial charge in [-0.25, -0.2) is 4.79 Å². The summed E-state index contributed by atoms with van der Waals surface area (Å²) in [5.41, 5.74) is 2.63. The molecule has 0 fully saturated rings. The summed E-state index contributed by atoms with van der Waals surface area (Å²) in [6, 6.07) is 19.9. The SMILES string of the molecule is CCOC(=O)C=C(C)NC(=O)CC(c1ccccc1)c1ccccc1. The molecule has 0 saturated heterocycles. The fraction of sp³-hybridized carbons (Fsp3) is 0.238. The Bertz CT molecular complexity index is 684. The minimum Gasteiger partial charge on any atom is -0.463 e. The number of ether oxygens (including phenoxy) is 1. The molecule has 0 aromatic heterocycles. The lowest BCUT2D eigenvalue weighted by Crippen LogP contribution is -2.24. The van der Waals surface area contributed by atoms with Crippen LogP contribution in [0.25, 0.3) is 0 Å². The van der Waals surface area contributed by atoms with Crippen LogP contribution in [-0.4, -0.2) is 18.5 Å². The number of benzene rings is 2. The van der Waals surface area contributed by atoms with Crippen molar-refractivity contribution in [1.82, 2.24) is 5.32 Å². The van der Waals surface area contributed by atoms with E-state index in [0.717, 1.165) is 11.1 Å². The normalized spacial score (nSPS) is 11.2. The van der Waals surface area contributed by atoms with Gasteiger partial charge >= 0.3 is 5.97 Å². The summed E-state index contributed by atoms with van der Waals surface area (Å²) in [5, 5.41) is 2.76. The fourth-order valence-electron chi connectivity index (χ4n) is 2.65. The topological polar surface area (TPSA) is 55.4 Å². The average Bonchev–Trinajstić information content (AvgIpc) is 2.61. The second-order valence-electron chi connectivity index (χ2n) is 5.71. The van der Waals surface area contributed by atoms with Gasteiger partial charge in [-0.05, 0) is 25.0 Å².